The van der Waals surface area contributed by atoms with Crippen LogP contribution in [0.25, 0.3) is 146 Å². The molecule has 1 spiro atoms. The molecule has 4 heteroatoms. The molecule has 6 aliphatic carbocycles. The first-order chi connectivity index (χ1) is 32.5. The Morgan fingerprint density at radius 1 is 0.485 bits per heavy atom. The van der Waals surface area contributed by atoms with Crippen LogP contribution in [0.15, 0.2) is 97.1 Å². The fraction of sp³-hybridized carbons (Fsp3) is 0.129. The van der Waals surface area contributed by atoms with Crippen LogP contribution in [0.2, 0.25) is 0 Å². The molecular weight excluding hydrogens is 809 g/mol. The van der Waals surface area contributed by atoms with E-state index in [9.17, 15) is 0 Å². The molecule has 0 amide bonds. The molecule has 4 unspecified atom stereocenters. The third-order valence-electron chi connectivity index (χ3n) is 19.4. The number of hydrogen-bond donors (Lipinski definition) is 0. The first kappa shape index (κ1) is 31.1. The maximum Gasteiger partial charge on any atom is 0.325 e. The van der Waals surface area contributed by atoms with Crippen molar-refractivity contribution in [3.63, 3.8) is 0 Å². The topological polar surface area (TPSA) is 52.6 Å². The maximum absolute atomic E-state index is 15.7. The van der Waals surface area contributed by atoms with E-state index in [1.165, 1.54) is 175 Å². The van der Waals surface area contributed by atoms with Crippen LogP contribution in [0, 0.1) is 10.8 Å². The lowest BCUT2D eigenvalue weighted by molar-refractivity contribution is -0.165. The van der Waals surface area contributed by atoms with Crippen LogP contribution in [0.3, 0.4) is 0 Å². The first-order valence-corrected chi connectivity index (χ1v) is 23.6. The quantitative estimate of drug-likeness (QED) is 0.0767. The smallest absolute Gasteiger partial charge is 0.325 e. The van der Waals surface area contributed by atoms with E-state index in [2.05, 4.69) is 103 Å². The van der Waals surface area contributed by atoms with Crippen molar-refractivity contribution in [2.45, 2.75) is 31.3 Å². The molecule has 0 radical (unpaired) electrons. The van der Waals surface area contributed by atoms with Gasteiger partial charge in [-0.3, -0.25) is 9.59 Å². The Morgan fingerprint density at radius 3 is 1.77 bits per heavy atom. The standard InChI is InChI=1S/C62H28O4/c1-65-59(63)62(60(64)66-21-22-6-7-25-11-27-9-23-4-2-3-5-24(23)10-28(27)12-26(25)8-22)58-36-19-34-17-31-15-32-14-29-13-30-16-33-18-35-20-61(58,62)57-43(35)48-42(33)47-38(30)37(29)45-41(32)46-39(31)40(34)49-44(36)56(57)55-53(48)51(47)50(45)52(46)54(49)55/h2-13,15-16,18-20,57-58H,14,17,21H2,1H3. The molecule has 0 saturated heterocycles. The van der Waals surface area contributed by atoms with Crippen LogP contribution in [0.4, 0.5) is 0 Å². The first-order valence-electron chi connectivity index (χ1n) is 23.6. The molecule has 0 heterocycles. The Hall–Kier alpha value is -7.82. The molecule has 4 nitrogen and oxygen atoms in total. The largest absolute Gasteiger partial charge is 0.468 e. The zero-order valence-electron chi connectivity index (χ0n) is 35.2. The Kier molecular flexibility index (Phi) is 4.15. The van der Waals surface area contributed by atoms with Crippen LogP contribution >= 0.6 is 0 Å². The van der Waals surface area contributed by atoms with Gasteiger partial charge in [-0.2, -0.15) is 0 Å². The number of methoxy groups -OCH3 is 1. The molecule has 0 aliphatic heterocycles. The van der Waals surface area contributed by atoms with Crippen LogP contribution < -0.4 is 5.22 Å². The van der Waals surface area contributed by atoms with Gasteiger partial charge in [0.05, 0.1) is 7.11 Å². The zero-order valence-corrected chi connectivity index (χ0v) is 35.2. The van der Waals surface area contributed by atoms with Gasteiger partial charge in [-0.15, -0.1) is 0 Å². The summed E-state index contributed by atoms with van der Waals surface area (Å²) in [5.74, 6) is -1.57. The zero-order chi connectivity index (χ0) is 42.1. The summed E-state index contributed by atoms with van der Waals surface area (Å²) in [6, 6.07) is 36.2. The van der Waals surface area contributed by atoms with Gasteiger partial charge in [0.1, 0.15) is 6.61 Å². The molecule has 6 aliphatic rings. The lowest BCUT2D eigenvalue weighted by atomic mass is 9.70. The summed E-state index contributed by atoms with van der Waals surface area (Å²) < 4.78 is 12.5. The number of carbonyl (C=O) groups excluding carboxylic acids is 2. The highest BCUT2D eigenvalue weighted by molar-refractivity contribution is 6.62. The van der Waals surface area contributed by atoms with Gasteiger partial charge in [0.15, 0.2) is 5.41 Å². The highest BCUT2D eigenvalue weighted by Gasteiger charge is 2.90. The third kappa shape index (κ3) is 2.59. The van der Waals surface area contributed by atoms with Crippen LogP contribution in [-0.2, 0) is 38.5 Å². The van der Waals surface area contributed by atoms with Gasteiger partial charge >= 0.3 is 11.9 Å². The number of benzene rings is 11. The van der Waals surface area contributed by atoms with E-state index in [0.29, 0.717) is 0 Å². The van der Waals surface area contributed by atoms with E-state index < -0.39 is 28.7 Å². The molecule has 0 N–H and O–H groups in total. The SMILES string of the molecule is COC(=O)C1(C(=O)OCc2ccc3cc4cc5ccccc5cc4cc3c2)C2c3cc4c5c6c(cc7c8c6c6c9c%10c(c3c59)C3c5c(cc9cc%11cc(c%12c%11c%11c9c5c%10c%11c6c%128)C7)=CC321)C4. The predicted molar refractivity (Wildman–Crippen MR) is 264 cm³/mol. The molecule has 1 saturated carbocycles. The number of hydrogen-bond acceptors (Lipinski definition) is 4. The summed E-state index contributed by atoms with van der Waals surface area (Å²) >= 11 is 0. The number of ether oxygens (including phenoxy) is 2. The van der Waals surface area contributed by atoms with Crippen molar-refractivity contribution < 1.29 is 19.1 Å². The minimum absolute atomic E-state index is 0.0605. The molecule has 0 aromatic heterocycles. The molecule has 300 valence electrons. The van der Waals surface area contributed by atoms with Crippen molar-refractivity contribution in [3.05, 3.63) is 147 Å². The van der Waals surface area contributed by atoms with Gasteiger partial charge in [0.25, 0.3) is 0 Å². The van der Waals surface area contributed by atoms with Crippen molar-refractivity contribution in [3.8, 4) is 0 Å². The van der Waals surface area contributed by atoms with E-state index in [1.807, 2.05) is 0 Å². The second-order valence-electron chi connectivity index (χ2n) is 21.5. The van der Waals surface area contributed by atoms with Crippen LogP contribution in [0.1, 0.15) is 56.3 Å². The molecule has 66 heavy (non-hydrogen) atoms. The number of carbonyl (C=O) groups is 2. The molecule has 15 aromatic carbocycles. The van der Waals surface area contributed by atoms with Crippen molar-refractivity contribution in [1.82, 2.24) is 0 Å². The van der Waals surface area contributed by atoms with E-state index in [-0.39, 0.29) is 12.5 Å². The van der Waals surface area contributed by atoms with Crippen molar-refractivity contribution in [2.24, 2.45) is 10.8 Å². The maximum atomic E-state index is 15.7. The summed E-state index contributed by atoms with van der Waals surface area (Å²) in [6.07, 6.45) is 4.20. The lowest BCUT2D eigenvalue weighted by Gasteiger charge is -2.31. The molecule has 1 fully saturated rings. The summed E-state index contributed by atoms with van der Waals surface area (Å²) in [5.41, 5.74) is 7.97. The van der Waals surface area contributed by atoms with Gasteiger partial charge in [-0.1, -0.05) is 60.7 Å². The fourth-order valence-corrected chi connectivity index (χ4v) is 17.6. The summed E-state index contributed by atoms with van der Waals surface area (Å²) in [7, 11) is 1.46. The second kappa shape index (κ2) is 8.80. The van der Waals surface area contributed by atoms with Crippen molar-refractivity contribution in [1.29, 1.82) is 0 Å². The highest BCUT2D eigenvalue weighted by atomic mass is 16.6. The van der Waals surface area contributed by atoms with Gasteiger partial charge < -0.3 is 9.47 Å². The Labute approximate surface area is 371 Å². The van der Waals surface area contributed by atoms with E-state index >= 15 is 9.59 Å². The van der Waals surface area contributed by atoms with Gasteiger partial charge in [0, 0.05) is 17.3 Å². The van der Waals surface area contributed by atoms with Gasteiger partial charge in [-0.25, -0.2) is 0 Å². The van der Waals surface area contributed by atoms with E-state index in [1.54, 1.807) is 0 Å². The number of fused-ring (bicyclic) bond motifs is 4. The minimum Gasteiger partial charge on any atom is -0.468 e. The number of rotatable bonds is 4. The average Bonchev–Trinajstić information content (AvgIpc) is 4.01. The summed E-state index contributed by atoms with van der Waals surface area (Å²) in [5, 5.41) is 36.6. The molecule has 15 aromatic rings. The lowest BCUT2D eigenvalue weighted by Crippen LogP contribution is -2.36. The highest BCUT2D eigenvalue weighted by Crippen LogP contribution is 2.88. The molecule has 21 rings (SSSR count). The van der Waals surface area contributed by atoms with Crippen molar-refractivity contribution in [2.75, 3.05) is 7.11 Å². The second-order valence-corrected chi connectivity index (χ2v) is 21.5. The predicted octanol–water partition coefficient (Wildman–Crippen LogP) is 13.1. The van der Waals surface area contributed by atoms with Gasteiger partial charge in [0.2, 0.25) is 0 Å². The minimum atomic E-state index is -1.56. The summed E-state index contributed by atoms with van der Waals surface area (Å²) in [4.78, 5) is 30.9. The molecule has 4 atom stereocenters. The van der Waals surface area contributed by atoms with Crippen molar-refractivity contribution >= 4 is 158 Å². The third-order valence-corrected chi connectivity index (χ3v) is 19.4. The summed E-state index contributed by atoms with van der Waals surface area (Å²) in [6.45, 7) is 0.0605. The Bertz CT molecular complexity index is 5150. The van der Waals surface area contributed by atoms with E-state index in [0.717, 1.165) is 34.7 Å². The Morgan fingerprint density at radius 2 is 1.02 bits per heavy atom. The normalized spacial score (nSPS) is 22.6. The van der Waals surface area contributed by atoms with Crippen LogP contribution in [0.5, 0.6) is 0 Å². The average molecular weight is 837 g/mol. The van der Waals surface area contributed by atoms with Crippen LogP contribution in [-0.4, -0.2) is 19.0 Å². The molecule has 0 bridgehead atoms. The monoisotopic (exact) mass is 836 g/mol. The number of esters is 2. The molecular formula is C62H28O4. The fourth-order valence-electron chi connectivity index (χ4n) is 17.6. The van der Waals surface area contributed by atoms with E-state index in [4.69, 9.17) is 9.47 Å². The van der Waals surface area contributed by atoms with Gasteiger partial charge in [-0.05, 0) is 245 Å². The Balaban J connectivity index is 0.853.